The second kappa shape index (κ2) is 7.87. The Bertz CT molecular complexity index is 729. The molecule has 0 aromatic heterocycles. The van der Waals surface area contributed by atoms with Crippen molar-refractivity contribution < 1.29 is 27.9 Å². The zero-order valence-corrected chi connectivity index (χ0v) is 22.6. The van der Waals surface area contributed by atoms with Crippen LogP contribution in [0.25, 0.3) is 0 Å². The van der Waals surface area contributed by atoms with Crippen molar-refractivity contribution in [3.8, 4) is 0 Å². The van der Waals surface area contributed by atoms with Gasteiger partial charge < -0.3 is 18.3 Å². The van der Waals surface area contributed by atoms with Crippen LogP contribution in [0.3, 0.4) is 0 Å². The van der Waals surface area contributed by atoms with Crippen LogP contribution in [0.4, 0.5) is 0 Å². The fourth-order valence-corrected chi connectivity index (χ4v) is 6.07. The largest absolute Gasteiger partial charge is 0.416 e. The van der Waals surface area contributed by atoms with Crippen molar-refractivity contribution in [1.82, 2.24) is 0 Å². The van der Waals surface area contributed by atoms with E-state index in [1.54, 1.807) is 0 Å². The summed E-state index contributed by atoms with van der Waals surface area (Å²) in [6, 6.07) is 0. The second-order valence-corrected chi connectivity index (χ2v) is 21.2. The van der Waals surface area contributed by atoms with E-state index in [1.165, 1.54) is 13.0 Å². The highest BCUT2D eigenvalue weighted by Crippen LogP contribution is 2.49. The monoisotopic (exact) mass is 456 g/mol. The first-order chi connectivity index (χ1) is 13.3. The van der Waals surface area contributed by atoms with Crippen molar-refractivity contribution >= 4 is 28.6 Å². The lowest BCUT2D eigenvalue weighted by molar-refractivity contribution is -0.241. The molecule has 1 unspecified atom stereocenters. The van der Waals surface area contributed by atoms with E-state index in [1.807, 2.05) is 0 Å². The van der Waals surface area contributed by atoms with Crippen LogP contribution < -0.4 is 0 Å². The van der Waals surface area contributed by atoms with Gasteiger partial charge in [-0.05, 0) is 36.3 Å². The first-order valence-electron chi connectivity index (χ1n) is 10.8. The molecule has 1 fully saturated rings. The van der Waals surface area contributed by atoms with Crippen LogP contribution in [0, 0.1) is 0 Å². The van der Waals surface area contributed by atoms with E-state index in [4.69, 9.17) is 18.3 Å². The predicted octanol–water partition coefficient (Wildman–Crippen LogP) is 5.30. The first kappa shape index (κ1) is 25.3. The lowest BCUT2D eigenvalue weighted by atomic mass is 9.85. The molecule has 1 heterocycles. The Morgan fingerprint density at radius 3 is 2.00 bits per heavy atom. The number of carbonyl (C=O) groups is 2. The lowest BCUT2D eigenvalue weighted by Gasteiger charge is -2.49. The van der Waals surface area contributed by atoms with E-state index >= 15 is 0 Å². The van der Waals surface area contributed by atoms with Gasteiger partial charge in [0.25, 0.3) is 0 Å². The van der Waals surface area contributed by atoms with Gasteiger partial charge in [0.15, 0.2) is 16.6 Å². The smallest absolute Gasteiger partial charge is 0.334 e. The van der Waals surface area contributed by atoms with Crippen LogP contribution in [0.5, 0.6) is 0 Å². The number of hydrogen-bond acceptors (Lipinski definition) is 6. The summed E-state index contributed by atoms with van der Waals surface area (Å²) in [7, 11) is -4.29. The van der Waals surface area contributed by atoms with Crippen LogP contribution in [0.1, 0.15) is 61.3 Å². The molecule has 172 valence electrons. The van der Waals surface area contributed by atoms with E-state index in [-0.39, 0.29) is 16.2 Å². The van der Waals surface area contributed by atoms with E-state index in [9.17, 15) is 9.59 Å². The number of esters is 2. The van der Waals surface area contributed by atoms with Crippen molar-refractivity contribution in [3.05, 3.63) is 11.6 Å². The maximum Gasteiger partial charge on any atom is 0.334 e. The van der Waals surface area contributed by atoms with Gasteiger partial charge in [-0.1, -0.05) is 41.5 Å². The molecule has 1 aliphatic heterocycles. The molecular formula is C22H40O6Si2. The summed E-state index contributed by atoms with van der Waals surface area (Å²) in [5.41, 5.74) is 0.640. The summed E-state index contributed by atoms with van der Waals surface area (Å²) >= 11 is 0. The number of ether oxygens (including phenoxy) is 2. The Morgan fingerprint density at radius 1 is 1.03 bits per heavy atom. The van der Waals surface area contributed by atoms with Gasteiger partial charge in [0.05, 0.1) is 6.10 Å². The van der Waals surface area contributed by atoms with Crippen molar-refractivity contribution in [2.24, 2.45) is 0 Å². The Morgan fingerprint density at radius 2 is 1.53 bits per heavy atom. The molecule has 1 aliphatic carbocycles. The van der Waals surface area contributed by atoms with Crippen molar-refractivity contribution in [2.75, 3.05) is 0 Å². The zero-order chi connectivity index (χ0) is 23.3. The normalized spacial score (nSPS) is 28.0. The van der Waals surface area contributed by atoms with Crippen LogP contribution in [0.15, 0.2) is 11.6 Å². The van der Waals surface area contributed by atoms with Crippen molar-refractivity contribution in [1.29, 1.82) is 0 Å². The number of rotatable bonds is 5. The fraction of sp³-hybridized carbons (Fsp3) is 0.818. The number of carbonyl (C=O) groups excluding carboxylic acids is 2. The second-order valence-electron chi connectivity index (χ2n) is 11.7. The Hall–Kier alpha value is -0.966. The molecule has 3 atom stereocenters. The molecule has 0 radical (unpaired) electrons. The minimum atomic E-state index is -2.25. The highest BCUT2D eigenvalue weighted by Gasteiger charge is 2.60. The van der Waals surface area contributed by atoms with E-state index < -0.39 is 40.5 Å². The molecular weight excluding hydrogens is 416 g/mol. The molecule has 1 saturated carbocycles. The molecule has 0 saturated heterocycles. The third-order valence-electron chi connectivity index (χ3n) is 7.15. The Balaban J connectivity index is 2.45. The summed E-state index contributed by atoms with van der Waals surface area (Å²) in [4.78, 5) is 24.3. The molecule has 0 aromatic carbocycles. The fourth-order valence-electron chi connectivity index (χ4n) is 3.39. The molecule has 30 heavy (non-hydrogen) atoms. The molecule has 0 spiro atoms. The minimum Gasteiger partial charge on any atom is -0.416 e. The predicted molar refractivity (Wildman–Crippen MR) is 122 cm³/mol. The van der Waals surface area contributed by atoms with E-state index in [0.717, 1.165) is 0 Å². The zero-order valence-electron chi connectivity index (χ0n) is 20.6. The van der Waals surface area contributed by atoms with Crippen LogP contribution in [-0.2, 0) is 27.9 Å². The minimum absolute atomic E-state index is 0.0515. The van der Waals surface area contributed by atoms with Gasteiger partial charge in [0.1, 0.15) is 6.10 Å². The molecule has 2 aliphatic rings. The molecule has 2 rings (SSSR count). The molecule has 8 heteroatoms. The third-order valence-corrected chi connectivity index (χ3v) is 16.2. The van der Waals surface area contributed by atoms with Crippen LogP contribution in [0.2, 0.25) is 36.3 Å². The van der Waals surface area contributed by atoms with Gasteiger partial charge in [0.2, 0.25) is 0 Å². The lowest BCUT2D eigenvalue weighted by Crippen LogP contribution is -2.60. The molecule has 6 nitrogen and oxygen atoms in total. The standard InChI is InChI=1S/C22H40O6Si2/c1-15(23)25-22-16(13-19(24)26-22)12-17(27-29(8,9)20(2,3)4)14-18(22)28-30(10,11)21(5,6)7/h13,17-18H,12,14H2,1-11H3/t17-,18+,22?/m1/s1. The topological polar surface area (TPSA) is 71.1 Å². The molecule has 0 N–H and O–H groups in total. The number of hydrogen-bond donors (Lipinski definition) is 0. The average Bonchev–Trinajstić information content (AvgIpc) is 2.79. The maximum absolute atomic E-state index is 12.3. The SMILES string of the molecule is CC(=O)OC12OC(=O)C=C1C[C@@H](O[Si](C)(C)C(C)(C)C)C[C@@H]2O[Si](C)(C)C(C)(C)C. The van der Waals surface area contributed by atoms with Crippen molar-refractivity contribution in [2.45, 2.75) is 116 Å². The molecule has 0 bridgehead atoms. The molecule has 0 amide bonds. The summed E-state index contributed by atoms with van der Waals surface area (Å²) < 4.78 is 24.8. The van der Waals surface area contributed by atoms with Crippen LogP contribution in [-0.4, -0.2) is 46.6 Å². The Kier molecular flexibility index (Phi) is 6.63. The summed E-state index contributed by atoms with van der Waals surface area (Å²) in [5, 5.41) is 0.00766. The highest BCUT2D eigenvalue weighted by atomic mass is 28.4. The van der Waals surface area contributed by atoms with E-state index in [2.05, 4.69) is 67.7 Å². The number of fused-ring (bicyclic) bond motifs is 1. The maximum atomic E-state index is 12.3. The molecule has 0 aromatic rings. The van der Waals surface area contributed by atoms with Gasteiger partial charge in [-0.15, -0.1) is 0 Å². The Labute approximate surface area is 183 Å². The quantitative estimate of drug-likeness (QED) is 0.413. The van der Waals surface area contributed by atoms with Gasteiger partial charge in [0, 0.05) is 31.4 Å². The van der Waals surface area contributed by atoms with Crippen LogP contribution >= 0.6 is 0 Å². The van der Waals surface area contributed by atoms with E-state index in [0.29, 0.717) is 18.4 Å². The third kappa shape index (κ3) is 4.92. The van der Waals surface area contributed by atoms with Gasteiger partial charge in [-0.2, -0.15) is 0 Å². The van der Waals surface area contributed by atoms with Gasteiger partial charge in [-0.3, -0.25) is 4.79 Å². The van der Waals surface area contributed by atoms with Gasteiger partial charge in [-0.25, -0.2) is 4.79 Å². The highest BCUT2D eigenvalue weighted by molar-refractivity contribution is 6.74. The van der Waals surface area contributed by atoms with Crippen molar-refractivity contribution in [3.63, 3.8) is 0 Å². The first-order valence-corrected chi connectivity index (χ1v) is 16.6. The average molecular weight is 457 g/mol. The summed E-state index contributed by atoms with van der Waals surface area (Å²) in [6.07, 6.45) is 1.74. The summed E-state index contributed by atoms with van der Waals surface area (Å²) in [6.45, 7) is 23.1. The van der Waals surface area contributed by atoms with Gasteiger partial charge >= 0.3 is 17.7 Å². The summed E-state index contributed by atoms with van der Waals surface area (Å²) in [5.74, 6) is -2.47.